The lowest BCUT2D eigenvalue weighted by molar-refractivity contribution is -0.131. The fourth-order valence-corrected chi connectivity index (χ4v) is 2.39. The second kappa shape index (κ2) is 4.48. The van der Waals surface area contributed by atoms with E-state index < -0.39 is 5.60 Å². The molecule has 5 heteroatoms. The summed E-state index contributed by atoms with van der Waals surface area (Å²) in [6.45, 7) is 3.38. The first-order chi connectivity index (χ1) is 9.90. The Kier molecular flexibility index (Phi) is 2.86. The normalized spacial score (nSPS) is 16.3. The fraction of sp³-hybridized carbons (Fsp3) is 0.188. The number of fused-ring (bicyclic) bond motifs is 1. The second-order valence-electron chi connectivity index (χ2n) is 5.42. The average Bonchev–Trinajstić information content (AvgIpc) is 2.42. The van der Waals surface area contributed by atoms with Crippen LogP contribution in [0.5, 0.6) is 5.75 Å². The summed E-state index contributed by atoms with van der Waals surface area (Å²) in [4.78, 5) is 14.2. The van der Waals surface area contributed by atoms with E-state index in [1.165, 1.54) is 17.0 Å². The highest BCUT2D eigenvalue weighted by atomic mass is 19.1. The average molecular weight is 286 g/mol. The SMILES string of the molecule is CC1(C)Oc2cccc(N)c2N(c2ccc(F)cc2)C1=O. The van der Waals surface area contributed by atoms with Crippen molar-refractivity contribution in [2.75, 3.05) is 10.6 Å². The highest BCUT2D eigenvalue weighted by molar-refractivity contribution is 6.10. The van der Waals surface area contributed by atoms with Crippen LogP contribution in [0, 0.1) is 5.82 Å². The van der Waals surface area contributed by atoms with Crippen molar-refractivity contribution in [1.29, 1.82) is 0 Å². The molecule has 1 amide bonds. The van der Waals surface area contributed by atoms with Crippen LogP contribution >= 0.6 is 0 Å². The van der Waals surface area contributed by atoms with Gasteiger partial charge in [-0.3, -0.25) is 9.69 Å². The van der Waals surface area contributed by atoms with Crippen LogP contribution < -0.4 is 15.4 Å². The minimum absolute atomic E-state index is 0.250. The Balaban J connectivity index is 2.22. The third kappa shape index (κ3) is 2.11. The van der Waals surface area contributed by atoms with Gasteiger partial charge in [-0.1, -0.05) is 6.07 Å². The van der Waals surface area contributed by atoms with Crippen molar-refractivity contribution in [3.05, 3.63) is 48.3 Å². The molecule has 0 aliphatic carbocycles. The molecule has 2 aromatic carbocycles. The molecule has 0 fully saturated rings. The highest BCUT2D eigenvalue weighted by Gasteiger charge is 2.42. The summed E-state index contributed by atoms with van der Waals surface area (Å²) in [5.41, 5.74) is 6.46. The molecule has 0 bridgehead atoms. The van der Waals surface area contributed by atoms with Crippen LogP contribution in [0.2, 0.25) is 0 Å². The molecule has 4 nitrogen and oxygen atoms in total. The summed E-state index contributed by atoms with van der Waals surface area (Å²) in [6.07, 6.45) is 0. The molecule has 1 heterocycles. The predicted molar refractivity (Wildman–Crippen MR) is 79.1 cm³/mol. The van der Waals surface area contributed by atoms with Gasteiger partial charge in [0.15, 0.2) is 5.60 Å². The van der Waals surface area contributed by atoms with Crippen molar-refractivity contribution in [3.63, 3.8) is 0 Å². The summed E-state index contributed by atoms with van der Waals surface area (Å²) < 4.78 is 18.9. The van der Waals surface area contributed by atoms with Crippen molar-refractivity contribution < 1.29 is 13.9 Å². The van der Waals surface area contributed by atoms with Crippen LogP contribution in [0.1, 0.15) is 13.8 Å². The number of benzene rings is 2. The zero-order valence-corrected chi connectivity index (χ0v) is 11.8. The van der Waals surface area contributed by atoms with Gasteiger partial charge in [0.05, 0.1) is 5.69 Å². The van der Waals surface area contributed by atoms with E-state index in [2.05, 4.69) is 0 Å². The van der Waals surface area contributed by atoms with Gasteiger partial charge in [0, 0.05) is 5.69 Å². The maximum absolute atomic E-state index is 13.1. The van der Waals surface area contributed by atoms with E-state index in [1.54, 1.807) is 44.2 Å². The zero-order chi connectivity index (χ0) is 15.2. The fourth-order valence-electron chi connectivity index (χ4n) is 2.39. The summed E-state index contributed by atoms with van der Waals surface area (Å²) in [7, 11) is 0. The van der Waals surface area contributed by atoms with Gasteiger partial charge in [-0.25, -0.2) is 4.39 Å². The van der Waals surface area contributed by atoms with Gasteiger partial charge in [0.2, 0.25) is 0 Å². The molecule has 108 valence electrons. The number of nitrogens with two attached hydrogens (primary N) is 1. The number of halogens is 1. The molecular weight excluding hydrogens is 271 g/mol. The first kappa shape index (κ1) is 13.4. The van der Waals surface area contributed by atoms with Gasteiger partial charge in [-0.2, -0.15) is 0 Å². The maximum atomic E-state index is 13.1. The van der Waals surface area contributed by atoms with E-state index >= 15 is 0 Å². The second-order valence-corrected chi connectivity index (χ2v) is 5.42. The Morgan fingerprint density at radius 1 is 1.14 bits per heavy atom. The Hall–Kier alpha value is -2.56. The van der Waals surface area contributed by atoms with Crippen LogP contribution in [0.3, 0.4) is 0 Å². The molecule has 0 radical (unpaired) electrons. The minimum Gasteiger partial charge on any atom is -0.476 e. The number of nitrogens with zero attached hydrogens (tertiary/aromatic N) is 1. The monoisotopic (exact) mass is 286 g/mol. The number of ether oxygens (including phenoxy) is 1. The van der Waals surface area contributed by atoms with Crippen LogP contribution in [-0.4, -0.2) is 11.5 Å². The Bertz CT molecular complexity index is 711. The van der Waals surface area contributed by atoms with Crippen molar-refractivity contribution in [2.24, 2.45) is 0 Å². The first-order valence-electron chi connectivity index (χ1n) is 6.58. The molecular formula is C16H15FN2O2. The minimum atomic E-state index is -1.02. The van der Waals surface area contributed by atoms with Gasteiger partial charge in [-0.15, -0.1) is 0 Å². The Labute approximate surface area is 121 Å². The van der Waals surface area contributed by atoms with Crippen LogP contribution in [0.15, 0.2) is 42.5 Å². The molecule has 0 saturated heterocycles. The lowest BCUT2D eigenvalue weighted by atomic mass is 10.0. The van der Waals surface area contributed by atoms with Gasteiger partial charge in [0.25, 0.3) is 5.91 Å². The summed E-state index contributed by atoms with van der Waals surface area (Å²) in [6, 6.07) is 10.9. The molecule has 0 aromatic heterocycles. The van der Waals surface area contributed by atoms with Gasteiger partial charge >= 0.3 is 0 Å². The molecule has 3 rings (SSSR count). The van der Waals surface area contributed by atoms with Gasteiger partial charge < -0.3 is 10.5 Å². The number of para-hydroxylation sites is 1. The number of hydrogen-bond acceptors (Lipinski definition) is 3. The lowest BCUT2D eigenvalue weighted by Crippen LogP contribution is -2.50. The zero-order valence-electron chi connectivity index (χ0n) is 11.8. The van der Waals surface area contributed by atoms with E-state index in [0.29, 0.717) is 22.8 Å². The molecule has 0 saturated carbocycles. The van der Waals surface area contributed by atoms with E-state index in [4.69, 9.17) is 10.5 Å². The number of anilines is 3. The van der Waals surface area contributed by atoms with Crippen molar-refractivity contribution in [1.82, 2.24) is 0 Å². The molecule has 21 heavy (non-hydrogen) atoms. The van der Waals surface area contributed by atoms with Crippen LogP contribution in [-0.2, 0) is 4.79 Å². The summed E-state index contributed by atoms with van der Waals surface area (Å²) in [5, 5.41) is 0. The standard InChI is InChI=1S/C16H15FN2O2/c1-16(2)15(20)19(11-8-6-10(17)7-9-11)14-12(18)4-3-5-13(14)21-16/h3-9H,18H2,1-2H3. The number of rotatable bonds is 1. The largest absolute Gasteiger partial charge is 0.476 e. The quantitative estimate of drug-likeness (QED) is 0.819. The maximum Gasteiger partial charge on any atom is 0.275 e. The third-order valence-electron chi connectivity index (χ3n) is 3.42. The Morgan fingerprint density at radius 3 is 2.48 bits per heavy atom. The van der Waals surface area contributed by atoms with E-state index in [-0.39, 0.29) is 11.7 Å². The van der Waals surface area contributed by atoms with E-state index in [9.17, 15) is 9.18 Å². The Morgan fingerprint density at radius 2 is 1.81 bits per heavy atom. The highest BCUT2D eigenvalue weighted by Crippen LogP contribution is 2.45. The summed E-state index contributed by atoms with van der Waals surface area (Å²) in [5.74, 6) is -0.0802. The first-order valence-corrected chi connectivity index (χ1v) is 6.58. The van der Waals surface area contributed by atoms with Crippen molar-refractivity contribution in [2.45, 2.75) is 19.4 Å². The molecule has 0 spiro atoms. The van der Waals surface area contributed by atoms with Crippen molar-refractivity contribution in [3.8, 4) is 5.75 Å². The molecule has 1 aliphatic heterocycles. The van der Waals surface area contributed by atoms with E-state index in [0.717, 1.165) is 0 Å². The molecule has 2 N–H and O–H groups in total. The molecule has 0 unspecified atom stereocenters. The number of carbonyl (C=O) groups is 1. The smallest absolute Gasteiger partial charge is 0.275 e. The van der Waals surface area contributed by atoms with Crippen LogP contribution in [0.4, 0.5) is 21.5 Å². The topological polar surface area (TPSA) is 55.6 Å². The summed E-state index contributed by atoms with van der Waals surface area (Å²) >= 11 is 0. The predicted octanol–water partition coefficient (Wildman–Crippen LogP) is 3.24. The van der Waals surface area contributed by atoms with E-state index in [1.807, 2.05) is 0 Å². The molecule has 0 atom stereocenters. The molecule has 1 aliphatic rings. The van der Waals surface area contributed by atoms with Gasteiger partial charge in [0.1, 0.15) is 17.3 Å². The number of hydrogen-bond donors (Lipinski definition) is 1. The lowest BCUT2D eigenvalue weighted by Gasteiger charge is -2.39. The van der Waals surface area contributed by atoms with Crippen LogP contribution in [0.25, 0.3) is 0 Å². The number of amides is 1. The number of carbonyl (C=O) groups excluding carboxylic acids is 1. The third-order valence-corrected chi connectivity index (χ3v) is 3.42. The number of nitrogen functional groups attached to an aromatic ring is 1. The molecule has 2 aromatic rings. The van der Waals surface area contributed by atoms with Gasteiger partial charge in [-0.05, 0) is 50.2 Å². The van der Waals surface area contributed by atoms with Crippen molar-refractivity contribution >= 4 is 23.0 Å².